The number of ether oxygens (including phenoxy) is 1. The van der Waals surface area contributed by atoms with Crippen LogP contribution in [-0.2, 0) is 39.3 Å². The molecule has 43 heavy (non-hydrogen) atoms. The highest BCUT2D eigenvalue weighted by molar-refractivity contribution is 7.91. The molecule has 0 aliphatic carbocycles. The van der Waals surface area contributed by atoms with E-state index >= 15 is 0 Å². The Hall–Kier alpha value is -2.87. The van der Waals surface area contributed by atoms with E-state index in [9.17, 15) is 30.8 Å². The van der Waals surface area contributed by atoms with Crippen molar-refractivity contribution in [1.29, 1.82) is 0 Å². The topological polar surface area (TPSA) is 88.6 Å². The van der Waals surface area contributed by atoms with Gasteiger partial charge in [0, 0.05) is 36.8 Å². The minimum atomic E-state index is -4.85. The maximum atomic E-state index is 14.2. The van der Waals surface area contributed by atoms with Gasteiger partial charge in [-0.05, 0) is 74.1 Å². The molecule has 2 aliphatic rings. The SMILES string of the molecule is CCS(=O)(=O)c1ccc(CNC(=O)c2cc3c(s2)C2(CCN(C(C)c4cnc(C(F)(F)F)c(F)c4)CC2)O[C@@H](C)C3)cc1. The maximum absolute atomic E-state index is 14.2. The van der Waals surface area contributed by atoms with E-state index < -0.39 is 33.1 Å². The molecule has 3 aromatic rings. The molecule has 1 unspecified atom stereocenters. The van der Waals surface area contributed by atoms with Crippen molar-refractivity contribution in [1.82, 2.24) is 15.2 Å². The minimum absolute atomic E-state index is 0.0175. The van der Waals surface area contributed by atoms with Crippen LogP contribution in [0, 0.1) is 5.82 Å². The van der Waals surface area contributed by atoms with E-state index in [1.165, 1.54) is 11.3 Å². The second-order valence-electron chi connectivity index (χ2n) is 11.1. The Morgan fingerprint density at radius 3 is 2.49 bits per heavy atom. The summed E-state index contributed by atoms with van der Waals surface area (Å²) >= 11 is 1.41. The van der Waals surface area contributed by atoms with Crippen molar-refractivity contribution in [3.05, 3.63) is 80.6 Å². The summed E-state index contributed by atoms with van der Waals surface area (Å²) < 4.78 is 83.7. The van der Waals surface area contributed by atoms with E-state index in [4.69, 9.17) is 4.74 Å². The van der Waals surface area contributed by atoms with Crippen LogP contribution in [0.4, 0.5) is 17.6 Å². The summed E-state index contributed by atoms with van der Waals surface area (Å²) in [4.78, 5) is 20.4. The number of fused-ring (bicyclic) bond motifs is 2. The molecule has 7 nitrogen and oxygen atoms in total. The molecule has 1 fully saturated rings. The van der Waals surface area contributed by atoms with Gasteiger partial charge in [0.1, 0.15) is 5.60 Å². The predicted octanol–water partition coefficient (Wildman–Crippen LogP) is 6.04. The summed E-state index contributed by atoms with van der Waals surface area (Å²) in [7, 11) is -3.30. The Kier molecular flexibility index (Phi) is 8.73. The summed E-state index contributed by atoms with van der Waals surface area (Å²) in [6.45, 7) is 6.79. The van der Waals surface area contributed by atoms with Crippen LogP contribution in [-0.4, -0.2) is 49.2 Å². The van der Waals surface area contributed by atoms with E-state index in [0.29, 0.717) is 42.8 Å². The first-order valence-electron chi connectivity index (χ1n) is 14.1. The molecular weight excluding hydrogens is 606 g/mol. The van der Waals surface area contributed by atoms with Gasteiger partial charge in [0.25, 0.3) is 5.91 Å². The third-order valence-electron chi connectivity index (χ3n) is 8.26. The smallest absolute Gasteiger partial charge is 0.366 e. The van der Waals surface area contributed by atoms with Crippen molar-refractivity contribution < 1.29 is 35.5 Å². The molecule has 13 heteroatoms. The van der Waals surface area contributed by atoms with Gasteiger partial charge in [-0.3, -0.25) is 9.69 Å². The summed E-state index contributed by atoms with van der Waals surface area (Å²) in [6.07, 6.45) is -1.93. The van der Waals surface area contributed by atoms with E-state index in [1.54, 1.807) is 31.2 Å². The molecule has 2 atom stereocenters. The molecule has 2 aromatic heterocycles. The average Bonchev–Trinajstić information content (AvgIpc) is 3.40. The number of nitrogens with one attached hydrogen (secondary N) is 1. The zero-order chi connectivity index (χ0) is 31.2. The van der Waals surface area contributed by atoms with Crippen molar-refractivity contribution in [2.45, 2.75) is 75.4 Å². The Balaban J connectivity index is 1.26. The van der Waals surface area contributed by atoms with Gasteiger partial charge in [-0.2, -0.15) is 13.2 Å². The minimum Gasteiger partial charge on any atom is -0.366 e. The van der Waals surface area contributed by atoms with Gasteiger partial charge in [0.05, 0.1) is 21.6 Å². The monoisotopic (exact) mass is 639 g/mol. The quantitative estimate of drug-likeness (QED) is 0.318. The highest BCUT2D eigenvalue weighted by Crippen LogP contribution is 2.48. The van der Waals surface area contributed by atoms with E-state index in [1.807, 2.05) is 19.9 Å². The summed E-state index contributed by atoms with van der Waals surface area (Å²) in [5.41, 5.74) is 0.116. The molecule has 5 rings (SSSR count). The Morgan fingerprint density at radius 2 is 1.88 bits per heavy atom. The van der Waals surface area contributed by atoms with Crippen molar-refractivity contribution >= 4 is 27.1 Å². The number of nitrogens with zero attached hydrogens (tertiary/aromatic N) is 2. The van der Waals surface area contributed by atoms with Crippen LogP contribution in [0.3, 0.4) is 0 Å². The molecular formula is C30H33F4N3O4S2. The highest BCUT2D eigenvalue weighted by Gasteiger charge is 2.45. The zero-order valence-corrected chi connectivity index (χ0v) is 25.6. The van der Waals surface area contributed by atoms with Crippen LogP contribution < -0.4 is 5.32 Å². The fraction of sp³-hybridized carbons (Fsp3) is 0.467. The van der Waals surface area contributed by atoms with E-state index in [-0.39, 0.29) is 35.2 Å². The van der Waals surface area contributed by atoms with Crippen molar-refractivity contribution in [2.24, 2.45) is 0 Å². The normalized spacial score (nSPS) is 19.7. The largest absolute Gasteiger partial charge is 0.436 e. The fourth-order valence-corrected chi connectivity index (χ4v) is 8.02. The number of pyridine rings is 1. The standard InChI is InChI=1S/C30H33F4N3O4S2/c1-4-43(39,40)23-7-5-20(6-8-23)16-36-28(38)25-15-21-13-18(2)41-29(27(21)42-25)9-11-37(12-10-29)19(3)22-14-24(31)26(35-17-22)30(32,33)34/h5-8,14-15,17-19H,4,9-13,16H2,1-3H3,(H,36,38)/t18-,19?/m0/s1. The number of sulfone groups is 1. The van der Waals surface area contributed by atoms with Gasteiger partial charge >= 0.3 is 6.18 Å². The van der Waals surface area contributed by atoms with Gasteiger partial charge in [-0.25, -0.2) is 17.8 Å². The van der Waals surface area contributed by atoms with Crippen molar-refractivity contribution in [3.63, 3.8) is 0 Å². The summed E-state index contributed by atoms with van der Waals surface area (Å²) in [5, 5.41) is 2.92. The number of likely N-dealkylation sites (tertiary alicyclic amines) is 1. The third kappa shape index (κ3) is 6.50. The lowest BCUT2D eigenvalue weighted by molar-refractivity contribution is -0.143. The lowest BCUT2D eigenvalue weighted by atomic mass is 9.83. The molecule has 0 saturated carbocycles. The van der Waals surface area contributed by atoms with Gasteiger partial charge in [0.15, 0.2) is 21.3 Å². The van der Waals surface area contributed by atoms with Gasteiger partial charge in [0.2, 0.25) is 0 Å². The third-order valence-corrected chi connectivity index (χ3v) is 11.4. The van der Waals surface area contributed by atoms with Crippen LogP contribution in [0.25, 0.3) is 0 Å². The van der Waals surface area contributed by atoms with Crippen LogP contribution >= 0.6 is 11.3 Å². The first-order chi connectivity index (χ1) is 20.2. The van der Waals surface area contributed by atoms with Gasteiger partial charge < -0.3 is 10.1 Å². The summed E-state index contributed by atoms with van der Waals surface area (Å²) in [6, 6.07) is 8.96. The number of benzene rings is 1. The first-order valence-corrected chi connectivity index (χ1v) is 16.6. The number of halogens is 4. The van der Waals surface area contributed by atoms with Crippen LogP contribution in [0.1, 0.15) is 76.6 Å². The lowest BCUT2D eigenvalue weighted by Crippen LogP contribution is -2.48. The molecule has 0 radical (unpaired) electrons. The van der Waals surface area contributed by atoms with E-state index in [2.05, 4.69) is 15.2 Å². The second-order valence-corrected chi connectivity index (χ2v) is 14.5. The molecule has 1 aromatic carbocycles. The van der Waals surface area contributed by atoms with E-state index in [0.717, 1.165) is 28.3 Å². The molecule has 1 spiro atoms. The fourth-order valence-electron chi connectivity index (χ4n) is 5.84. The molecule has 2 aliphatic heterocycles. The highest BCUT2D eigenvalue weighted by atomic mass is 32.2. The lowest BCUT2D eigenvalue weighted by Gasteiger charge is -2.47. The number of carbonyl (C=O) groups excluding carboxylic acids is 1. The number of thiophene rings is 1. The maximum Gasteiger partial charge on any atom is 0.436 e. The number of hydrogen-bond donors (Lipinski definition) is 1. The second kappa shape index (κ2) is 11.9. The number of alkyl halides is 3. The number of aromatic nitrogens is 1. The van der Waals surface area contributed by atoms with Crippen molar-refractivity contribution in [3.8, 4) is 0 Å². The number of carbonyl (C=O) groups is 1. The van der Waals surface area contributed by atoms with Gasteiger partial charge in [-0.1, -0.05) is 19.1 Å². The zero-order valence-electron chi connectivity index (χ0n) is 24.0. The van der Waals surface area contributed by atoms with Crippen LogP contribution in [0.5, 0.6) is 0 Å². The molecule has 4 heterocycles. The molecule has 1 saturated heterocycles. The van der Waals surface area contributed by atoms with Crippen molar-refractivity contribution in [2.75, 3.05) is 18.8 Å². The average molecular weight is 640 g/mol. The molecule has 232 valence electrons. The molecule has 0 bridgehead atoms. The number of hydrogen-bond acceptors (Lipinski definition) is 7. The predicted molar refractivity (Wildman–Crippen MR) is 154 cm³/mol. The Bertz CT molecular complexity index is 1600. The van der Waals surface area contributed by atoms with Crippen LogP contribution in [0.15, 0.2) is 47.5 Å². The Labute approximate surface area is 252 Å². The number of amides is 1. The molecule has 1 N–H and O–H groups in total. The Morgan fingerprint density at radius 1 is 1.21 bits per heavy atom. The van der Waals surface area contributed by atoms with Crippen LogP contribution in [0.2, 0.25) is 0 Å². The number of piperidine rings is 1. The van der Waals surface area contributed by atoms with Gasteiger partial charge in [-0.15, -0.1) is 11.3 Å². The first kappa shape index (κ1) is 31.6. The number of rotatable bonds is 7. The molecule has 1 amide bonds. The summed E-state index contributed by atoms with van der Waals surface area (Å²) in [5.74, 6) is -1.59.